The van der Waals surface area contributed by atoms with Crippen molar-refractivity contribution in [3.8, 4) is 0 Å². The first kappa shape index (κ1) is 12.9. The number of nitrogens with zero attached hydrogens (tertiary/aromatic N) is 2. The highest BCUT2D eigenvalue weighted by Gasteiger charge is 2.02. The molecule has 0 spiro atoms. The predicted molar refractivity (Wildman–Crippen MR) is 79.5 cm³/mol. The second-order valence-electron chi connectivity index (χ2n) is 4.98. The fourth-order valence-corrected chi connectivity index (χ4v) is 2.35. The molecule has 104 valence electrons. The van der Waals surface area contributed by atoms with E-state index >= 15 is 0 Å². The summed E-state index contributed by atoms with van der Waals surface area (Å²) in [6.45, 7) is 4.80. The molecule has 20 heavy (non-hydrogen) atoms. The van der Waals surface area contributed by atoms with Crippen molar-refractivity contribution >= 4 is 11.0 Å². The Labute approximate surface area is 118 Å². The third-order valence-corrected chi connectivity index (χ3v) is 3.53. The van der Waals surface area contributed by atoms with Crippen LogP contribution in [0.3, 0.4) is 0 Å². The number of benzene rings is 1. The molecule has 0 atom stereocenters. The molecule has 0 aliphatic carbocycles. The van der Waals surface area contributed by atoms with Crippen LogP contribution in [0.2, 0.25) is 0 Å². The number of fused-ring (bicyclic) bond motifs is 1. The predicted octanol–water partition coefficient (Wildman–Crippen LogP) is 3.12. The maximum absolute atomic E-state index is 5.40. The van der Waals surface area contributed by atoms with Gasteiger partial charge in [-0.2, -0.15) is 0 Å². The Balaban J connectivity index is 1.47. The normalized spacial score (nSPS) is 11.2. The largest absolute Gasteiger partial charge is 0.468 e. The van der Waals surface area contributed by atoms with Gasteiger partial charge in [-0.15, -0.1) is 0 Å². The van der Waals surface area contributed by atoms with Crippen molar-refractivity contribution in [3.05, 3.63) is 54.2 Å². The minimum Gasteiger partial charge on any atom is -0.468 e. The summed E-state index contributed by atoms with van der Waals surface area (Å²) in [4.78, 5) is 4.40. The van der Waals surface area contributed by atoms with Crippen LogP contribution in [-0.4, -0.2) is 16.1 Å². The van der Waals surface area contributed by atoms with Crippen molar-refractivity contribution < 1.29 is 4.42 Å². The van der Waals surface area contributed by atoms with Gasteiger partial charge in [0.15, 0.2) is 0 Å². The molecular weight excluding hydrogens is 250 g/mol. The maximum atomic E-state index is 5.40. The van der Waals surface area contributed by atoms with Gasteiger partial charge in [-0.1, -0.05) is 12.1 Å². The summed E-state index contributed by atoms with van der Waals surface area (Å²) in [7, 11) is 0. The topological polar surface area (TPSA) is 43.0 Å². The van der Waals surface area contributed by atoms with E-state index in [0.717, 1.165) is 37.3 Å². The van der Waals surface area contributed by atoms with E-state index in [0.29, 0.717) is 0 Å². The van der Waals surface area contributed by atoms with Crippen molar-refractivity contribution in [3.63, 3.8) is 0 Å². The van der Waals surface area contributed by atoms with E-state index in [1.165, 1.54) is 11.1 Å². The Bertz CT molecular complexity index is 684. The van der Waals surface area contributed by atoms with Crippen molar-refractivity contribution in [1.82, 2.24) is 14.9 Å². The average Bonchev–Trinajstić information content (AvgIpc) is 3.06. The Morgan fingerprint density at radius 1 is 1.25 bits per heavy atom. The molecule has 0 saturated carbocycles. The van der Waals surface area contributed by atoms with Gasteiger partial charge < -0.3 is 14.3 Å². The summed E-state index contributed by atoms with van der Waals surface area (Å²) in [6.07, 6.45) is 4.73. The summed E-state index contributed by atoms with van der Waals surface area (Å²) in [5, 5.41) is 3.41. The van der Waals surface area contributed by atoms with Crippen molar-refractivity contribution in [1.29, 1.82) is 0 Å². The summed E-state index contributed by atoms with van der Waals surface area (Å²) < 4.78 is 7.60. The van der Waals surface area contributed by atoms with Crippen LogP contribution in [0.25, 0.3) is 11.0 Å². The zero-order valence-electron chi connectivity index (χ0n) is 11.7. The summed E-state index contributed by atoms with van der Waals surface area (Å²) in [5.74, 6) is 1.03. The number of furan rings is 1. The third kappa shape index (κ3) is 2.75. The van der Waals surface area contributed by atoms with E-state index < -0.39 is 0 Å². The van der Waals surface area contributed by atoms with Crippen LogP contribution < -0.4 is 5.32 Å². The Morgan fingerprint density at radius 3 is 3.00 bits per heavy atom. The zero-order valence-corrected chi connectivity index (χ0v) is 11.7. The lowest BCUT2D eigenvalue weighted by atomic mass is 10.3. The molecule has 1 aromatic carbocycles. The average molecular weight is 269 g/mol. The lowest BCUT2D eigenvalue weighted by Crippen LogP contribution is -2.16. The minimum absolute atomic E-state index is 0.795. The molecule has 1 N–H and O–H groups in total. The molecule has 2 heterocycles. The summed E-state index contributed by atoms with van der Waals surface area (Å²) in [5.41, 5.74) is 3.47. The van der Waals surface area contributed by atoms with E-state index in [1.54, 1.807) is 6.26 Å². The lowest BCUT2D eigenvalue weighted by molar-refractivity contribution is 0.474. The number of hydrogen-bond donors (Lipinski definition) is 1. The highest BCUT2D eigenvalue weighted by Crippen LogP contribution is 2.12. The van der Waals surface area contributed by atoms with Crippen LogP contribution in [0, 0.1) is 6.92 Å². The molecule has 3 aromatic rings. The van der Waals surface area contributed by atoms with Gasteiger partial charge in [-0.3, -0.25) is 0 Å². The van der Waals surface area contributed by atoms with Gasteiger partial charge in [-0.05, 0) is 43.7 Å². The molecule has 0 aliphatic rings. The molecule has 2 aromatic heterocycles. The van der Waals surface area contributed by atoms with E-state index in [-0.39, 0.29) is 0 Å². The summed E-state index contributed by atoms with van der Waals surface area (Å²) >= 11 is 0. The number of imidazole rings is 1. The van der Waals surface area contributed by atoms with E-state index in [9.17, 15) is 0 Å². The van der Waals surface area contributed by atoms with Gasteiger partial charge in [0, 0.05) is 6.54 Å². The van der Waals surface area contributed by atoms with Crippen LogP contribution in [0.4, 0.5) is 0 Å². The number of hydrogen-bond acceptors (Lipinski definition) is 3. The minimum atomic E-state index is 0.795. The number of para-hydroxylation sites is 2. The lowest BCUT2D eigenvalue weighted by Gasteiger charge is -2.06. The molecular formula is C16H19N3O. The fraction of sp³-hybridized carbons (Fsp3) is 0.312. The molecule has 0 radical (unpaired) electrons. The quantitative estimate of drug-likeness (QED) is 0.699. The highest BCUT2D eigenvalue weighted by atomic mass is 16.3. The van der Waals surface area contributed by atoms with Gasteiger partial charge in [0.05, 0.1) is 30.2 Å². The standard InChI is InChI=1S/C16H19N3O/c1-13-7-10-20-16(13)11-17-8-4-9-19-12-18-14-5-2-3-6-15(14)19/h2-3,5-7,10,12,17H,4,8-9,11H2,1H3. The Kier molecular flexibility index (Phi) is 3.83. The molecule has 0 amide bonds. The third-order valence-electron chi connectivity index (χ3n) is 3.53. The first-order valence-corrected chi connectivity index (χ1v) is 6.98. The fourth-order valence-electron chi connectivity index (χ4n) is 2.35. The maximum Gasteiger partial charge on any atom is 0.120 e. The van der Waals surface area contributed by atoms with E-state index in [2.05, 4.69) is 33.9 Å². The number of rotatable bonds is 6. The SMILES string of the molecule is Cc1ccoc1CNCCCn1cnc2ccccc21. The number of aromatic nitrogens is 2. The van der Waals surface area contributed by atoms with Gasteiger partial charge in [-0.25, -0.2) is 4.98 Å². The molecule has 0 fully saturated rings. The second-order valence-corrected chi connectivity index (χ2v) is 4.98. The second kappa shape index (κ2) is 5.92. The number of nitrogens with one attached hydrogen (secondary N) is 1. The Hall–Kier alpha value is -2.07. The molecule has 0 saturated heterocycles. The first-order chi connectivity index (χ1) is 9.84. The van der Waals surface area contributed by atoms with Crippen molar-refractivity contribution in [2.45, 2.75) is 26.4 Å². The Morgan fingerprint density at radius 2 is 2.15 bits per heavy atom. The number of aryl methyl sites for hydroxylation is 2. The smallest absolute Gasteiger partial charge is 0.120 e. The molecule has 4 nitrogen and oxygen atoms in total. The van der Waals surface area contributed by atoms with Gasteiger partial charge in [0.25, 0.3) is 0 Å². The summed E-state index contributed by atoms with van der Waals surface area (Å²) in [6, 6.07) is 10.2. The monoisotopic (exact) mass is 269 g/mol. The van der Waals surface area contributed by atoms with E-state index in [1.807, 2.05) is 24.5 Å². The van der Waals surface area contributed by atoms with Crippen LogP contribution in [-0.2, 0) is 13.1 Å². The van der Waals surface area contributed by atoms with Crippen LogP contribution in [0.15, 0.2) is 47.3 Å². The van der Waals surface area contributed by atoms with Crippen molar-refractivity contribution in [2.75, 3.05) is 6.54 Å². The molecule has 3 rings (SSSR count). The van der Waals surface area contributed by atoms with Crippen LogP contribution >= 0.6 is 0 Å². The van der Waals surface area contributed by atoms with Crippen LogP contribution in [0.1, 0.15) is 17.7 Å². The van der Waals surface area contributed by atoms with Gasteiger partial charge >= 0.3 is 0 Å². The van der Waals surface area contributed by atoms with Gasteiger partial charge in [0.2, 0.25) is 0 Å². The molecule has 0 unspecified atom stereocenters. The molecule has 0 bridgehead atoms. The zero-order chi connectivity index (χ0) is 13.8. The van der Waals surface area contributed by atoms with Gasteiger partial charge in [0.1, 0.15) is 5.76 Å². The molecule has 0 aliphatic heterocycles. The van der Waals surface area contributed by atoms with Crippen molar-refractivity contribution in [2.24, 2.45) is 0 Å². The van der Waals surface area contributed by atoms with E-state index in [4.69, 9.17) is 4.42 Å². The molecule has 4 heteroatoms. The van der Waals surface area contributed by atoms with Crippen LogP contribution in [0.5, 0.6) is 0 Å². The first-order valence-electron chi connectivity index (χ1n) is 6.98. The highest BCUT2D eigenvalue weighted by molar-refractivity contribution is 5.74.